The van der Waals surface area contributed by atoms with Crippen molar-refractivity contribution in [3.63, 3.8) is 0 Å². The van der Waals surface area contributed by atoms with Gasteiger partial charge in [-0.3, -0.25) is 4.90 Å². The van der Waals surface area contributed by atoms with Gasteiger partial charge in [-0.1, -0.05) is 36.4 Å². The SMILES string of the molecule is Cc1cc2ccc(OCc3ccc(CN(C)Cc4ccc(C#N)cc4)cc3)cc2oc1=O.Cl. The molecule has 0 atom stereocenters. The zero-order chi connectivity index (χ0) is 22.5. The minimum Gasteiger partial charge on any atom is -0.489 e. The van der Waals surface area contributed by atoms with E-state index < -0.39 is 0 Å². The second-order valence-corrected chi connectivity index (χ2v) is 8.00. The summed E-state index contributed by atoms with van der Waals surface area (Å²) >= 11 is 0. The molecule has 0 spiro atoms. The smallest absolute Gasteiger partial charge is 0.339 e. The lowest BCUT2D eigenvalue weighted by Gasteiger charge is -2.17. The van der Waals surface area contributed by atoms with E-state index >= 15 is 0 Å². The van der Waals surface area contributed by atoms with Crippen LogP contribution >= 0.6 is 12.4 Å². The maximum absolute atomic E-state index is 11.7. The Hall–Kier alpha value is -3.59. The van der Waals surface area contributed by atoms with Gasteiger partial charge >= 0.3 is 5.63 Å². The van der Waals surface area contributed by atoms with Crippen molar-refractivity contribution >= 4 is 23.4 Å². The fourth-order valence-electron chi connectivity index (χ4n) is 3.56. The summed E-state index contributed by atoms with van der Waals surface area (Å²) in [4.78, 5) is 14.0. The van der Waals surface area contributed by atoms with Crippen LogP contribution in [0.4, 0.5) is 0 Å². The fraction of sp³-hybridized carbons (Fsp3) is 0.185. The topological polar surface area (TPSA) is 66.5 Å². The molecule has 0 radical (unpaired) electrons. The van der Waals surface area contributed by atoms with E-state index in [0.717, 1.165) is 24.0 Å². The molecule has 0 saturated heterocycles. The monoisotopic (exact) mass is 460 g/mol. The summed E-state index contributed by atoms with van der Waals surface area (Å²) in [5.41, 5.74) is 4.93. The Morgan fingerprint density at radius 3 is 2.15 bits per heavy atom. The van der Waals surface area contributed by atoms with Crippen molar-refractivity contribution in [2.24, 2.45) is 0 Å². The zero-order valence-corrected chi connectivity index (χ0v) is 19.4. The molecule has 0 saturated carbocycles. The van der Waals surface area contributed by atoms with E-state index in [1.165, 1.54) is 11.1 Å². The van der Waals surface area contributed by atoms with Gasteiger partial charge in [0, 0.05) is 30.1 Å². The maximum Gasteiger partial charge on any atom is 0.339 e. The first-order valence-electron chi connectivity index (χ1n) is 10.4. The average Bonchev–Trinajstić information content (AvgIpc) is 2.80. The molecule has 6 heteroatoms. The second-order valence-electron chi connectivity index (χ2n) is 8.00. The molecule has 0 N–H and O–H groups in total. The fourth-order valence-corrected chi connectivity index (χ4v) is 3.56. The minimum atomic E-state index is -0.325. The van der Waals surface area contributed by atoms with Crippen molar-refractivity contribution in [2.75, 3.05) is 7.05 Å². The molecule has 0 amide bonds. The number of rotatable bonds is 7. The minimum absolute atomic E-state index is 0. The Morgan fingerprint density at radius 2 is 1.52 bits per heavy atom. The molecule has 5 nitrogen and oxygen atoms in total. The van der Waals surface area contributed by atoms with Crippen molar-refractivity contribution in [2.45, 2.75) is 26.6 Å². The highest BCUT2D eigenvalue weighted by atomic mass is 35.5. The quantitative estimate of drug-likeness (QED) is 0.335. The Morgan fingerprint density at radius 1 is 0.909 bits per heavy atom. The molecular weight excluding hydrogens is 436 g/mol. The van der Waals surface area contributed by atoms with Crippen LogP contribution in [0.25, 0.3) is 11.0 Å². The van der Waals surface area contributed by atoms with E-state index in [4.69, 9.17) is 14.4 Å². The standard InChI is InChI=1S/C27H24N2O3.ClH/c1-19-13-24-11-12-25(14-26(24)32-27(19)30)31-18-23-9-7-22(8-10-23)17-29(2)16-21-5-3-20(15-28)4-6-21;/h3-14H,16-18H2,1-2H3;1H. The van der Waals surface area contributed by atoms with Gasteiger partial charge in [-0.15, -0.1) is 12.4 Å². The molecule has 0 aliphatic rings. The number of fused-ring (bicyclic) bond motifs is 1. The summed E-state index contributed by atoms with van der Waals surface area (Å²) in [5, 5.41) is 9.79. The summed E-state index contributed by atoms with van der Waals surface area (Å²) in [6.45, 7) is 3.81. The molecule has 0 aliphatic heterocycles. The van der Waals surface area contributed by atoms with Crippen LogP contribution in [0.2, 0.25) is 0 Å². The Balaban J connectivity index is 0.00000306. The molecule has 4 rings (SSSR count). The van der Waals surface area contributed by atoms with Gasteiger partial charge in [0.05, 0.1) is 11.6 Å². The van der Waals surface area contributed by atoms with Gasteiger partial charge in [-0.2, -0.15) is 5.26 Å². The molecule has 0 aliphatic carbocycles. The molecule has 0 bridgehead atoms. The number of aryl methyl sites for hydroxylation is 1. The van der Waals surface area contributed by atoms with E-state index in [1.54, 1.807) is 13.0 Å². The number of nitrogens with zero attached hydrogens (tertiary/aromatic N) is 2. The normalized spacial score (nSPS) is 10.6. The third-order valence-corrected chi connectivity index (χ3v) is 5.30. The Labute approximate surface area is 199 Å². The molecular formula is C27H25ClN2O3. The van der Waals surface area contributed by atoms with Gasteiger partial charge in [0.15, 0.2) is 0 Å². The van der Waals surface area contributed by atoms with Gasteiger partial charge in [-0.25, -0.2) is 4.79 Å². The number of hydrogen-bond donors (Lipinski definition) is 0. The molecule has 1 aromatic heterocycles. The van der Waals surface area contributed by atoms with Crippen LogP contribution in [0.3, 0.4) is 0 Å². The first kappa shape index (κ1) is 24.1. The van der Waals surface area contributed by atoms with Gasteiger partial charge in [0.2, 0.25) is 0 Å². The van der Waals surface area contributed by atoms with Crippen molar-refractivity contribution in [1.29, 1.82) is 5.26 Å². The summed E-state index contributed by atoms with van der Waals surface area (Å²) in [6.07, 6.45) is 0. The number of hydrogen-bond acceptors (Lipinski definition) is 5. The third kappa shape index (κ3) is 6.23. The zero-order valence-electron chi connectivity index (χ0n) is 18.6. The summed E-state index contributed by atoms with van der Waals surface area (Å²) < 4.78 is 11.2. The van der Waals surface area contributed by atoms with E-state index in [0.29, 0.717) is 29.1 Å². The van der Waals surface area contributed by atoms with E-state index in [-0.39, 0.29) is 18.0 Å². The number of nitriles is 1. The van der Waals surface area contributed by atoms with E-state index in [2.05, 4.69) is 42.3 Å². The predicted molar refractivity (Wildman–Crippen MR) is 132 cm³/mol. The van der Waals surface area contributed by atoms with Crippen LogP contribution < -0.4 is 10.4 Å². The largest absolute Gasteiger partial charge is 0.489 e. The van der Waals surface area contributed by atoms with Crippen LogP contribution in [-0.4, -0.2) is 11.9 Å². The second kappa shape index (κ2) is 10.8. The van der Waals surface area contributed by atoms with Crippen molar-refractivity contribution in [3.8, 4) is 11.8 Å². The van der Waals surface area contributed by atoms with Gasteiger partial charge in [0.25, 0.3) is 0 Å². The van der Waals surface area contributed by atoms with Crippen LogP contribution in [0.1, 0.15) is 27.8 Å². The molecule has 168 valence electrons. The molecule has 0 fully saturated rings. The summed E-state index contributed by atoms with van der Waals surface area (Å²) in [6, 6.07) is 25.5. The first-order chi connectivity index (χ1) is 15.5. The lowest BCUT2D eigenvalue weighted by atomic mass is 10.1. The maximum atomic E-state index is 11.7. The highest BCUT2D eigenvalue weighted by molar-refractivity contribution is 5.85. The highest BCUT2D eigenvalue weighted by Crippen LogP contribution is 2.21. The molecule has 4 aromatic rings. The van der Waals surface area contributed by atoms with Crippen molar-refractivity contribution in [1.82, 2.24) is 4.90 Å². The third-order valence-electron chi connectivity index (χ3n) is 5.30. The van der Waals surface area contributed by atoms with Gasteiger partial charge in [0.1, 0.15) is 17.9 Å². The molecule has 1 heterocycles. The molecule has 0 unspecified atom stereocenters. The predicted octanol–water partition coefficient (Wildman–Crippen LogP) is 5.61. The van der Waals surface area contributed by atoms with Crippen LogP contribution in [0, 0.1) is 18.3 Å². The van der Waals surface area contributed by atoms with Gasteiger partial charge in [-0.05, 0) is 61.0 Å². The molecule has 3 aromatic carbocycles. The molecule has 33 heavy (non-hydrogen) atoms. The van der Waals surface area contributed by atoms with E-state index in [1.807, 2.05) is 42.5 Å². The van der Waals surface area contributed by atoms with E-state index in [9.17, 15) is 4.79 Å². The highest BCUT2D eigenvalue weighted by Gasteiger charge is 2.05. The number of benzene rings is 3. The number of halogens is 1. The lowest BCUT2D eigenvalue weighted by molar-refractivity contribution is 0.305. The Kier molecular flexibility index (Phi) is 7.89. The Bertz CT molecular complexity index is 1320. The van der Waals surface area contributed by atoms with Gasteiger partial charge < -0.3 is 9.15 Å². The summed E-state index contributed by atoms with van der Waals surface area (Å²) in [7, 11) is 2.08. The average molecular weight is 461 g/mol. The first-order valence-corrected chi connectivity index (χ1v) is 10.4. The van der Waals surface area contributed by atoms with Crippen molar-refractivity contribution < 1.29 is 9.15 Å². The lowest BCUT2D eigenvalue weighted by Crippen LogP contribution is -2.17. The number of ether oxygens (including phenoxy) is 1. The van der Waals surface area contributed by atoms with Crippen molar-refractivity contribution in [3.05, 3.63) is 111 Å². The van der Waals surface area contributed by atoms with Crippen LogP contribution in [0.5, 0.6) is 5.75 Å². The summed E-state index contributed by atoms with van der Waals surface area (Å²) in [5.74, 6) is 0.663. The van der Waals surface area contributed by atoms with Crippen LogP contribution in [-0.2, 0) is 19.7 Å². The van der Waals surface area contributed by atoms with Crippen LogP contribution in [0.15, 0.2) is 82.0 Å².